The molecule has 2 rings (SSSR count). The molecule has 0 unspecified atom stereocenters. The van der Waals surface area contributed by atoms with Crippen LogP contribution in [0.25, 0.3) is 0 Å². The minimum atomic E-state index is -0.662. The Balaban J connectivity index is 2.00. The van der Waals surface area contributed by atoms with Crippen LogP contribution in [0.15, 0.2) is 59.7 Å². The number of carbonyl (C=O) groups is 2. The third-order valence-electron chi connectivity index (χ3n) is 5.23. The van der Waals surface area contributed by atoms with Gasteiger partial charge in [0.25, 0.3) is 11.8 Å². The minimum absolute atomic E-state index is 0.0267. The number of benzene rings is 2. The van der Waals surface area contributed by atoms with Crippen LogP contribution in [0.4, 0.5) is 5.69 Å². The zero-order valence-electron chi connectivity index (χ0n) is 18.3. The van der Waals surface area contributed by atoms with E-state index in [1.807, 2.05) is 44.2 Å². The molecule has 0 bridgehead atoms. The van der Waals surface area contributed by atoms with Gasteiger partial charge in [-0.25, -0.2) is 5.43 Å². The molecule has 0 saturated heterocycles. The second kappa shape index (κ2) is 11.8. The van der Waals surface area contributed by atoms with Crippen LogP contribution >= 0.6 is 0 Å². The van der Waals surface area contributed by atoms with Crippen molar-refractivity contribution in [1.29, 1.82) is 0 Å². The first-order valence-electron chi connectivity index (χ1n) is 10.5. The lowest BCUT2D eigenvalue weighted by Gasteiger charge is -2.22. The summed E-state index contributed by atoms with van der Waals surface area (Å²) in [4.78, 5) is 27.4. The number of nitrogens with one attached hydrogen (secondary N) is 2. The molecule has 0 aliphatic carbocycles. The predicted octanol–water partition coefficient (Wildman–Crippen LogP) is 3.83. The van der Waals surface area contributed by atoms with Gasteiger partial charge in [0.1, 0.15) is 6.04 Å². The maximum absolute atomic E-state index is 12.7. The highest BCUT2D eigenvalue weighted by molar-refractivity contribution is 5.97. The molecule has 6 heteroatoms. The summed E-state index contributed by atoms with van der Waals surface area (Å²) in [6.07, 6.45) is 2.36. The highest BCUT2D eigenvalue weighted by Crippen LogP contribution is 2.14. The maximum atomic E-state index is 12.7. The molecule has 2 atom stereocenters. The van der Waals surface area contributed by atoms with Crippen molar-refractivity contribution < 1.29 is 9.59 Å². The van der Waals surface area contributed by atoms with Crippen LogP contribution in [0, 0.1) is 5.92 Å². The van der Waals surface area contributed by atoms with E-state index in [0.29, 0.717) is 5.56 Å². The third kappa shape index (κ3) is 6.44. The maximum Gasteiger partial charge on any atom is 0.262 e. The van der Waals surface area contributed by atoms with Crippen molar-refractivity contribution in [3.63, 3.8) is 0 Å². The molecule has 160 valence electrons. The van der Waals surface area contributed by atoms with Gasteiger partial charge in [0.2, 0.25) is 0 Å². The Morgan fingerprint density at radius 2 is 1.63 bits per heavy atom. The first kappa shape index (κ1) is 23.1. The summed E-state index contributed by atoms with van der Waals surface area (Å²) in [5.41, 5.74) is 5.13. The average Bonchev–Trinajstić information content (AvgIpc) is 2.79. The van der Waals surface area contributed by atoms with Crippen molar-refractivity contribution in [3.05, 3.63) is 65.7 Å². The van der Waals surface area contributed by atoms with E-state index in [0.717, 1.165) is 30.8 Å². The van der Waals surface area contributed by atoms with Gasteiger partial charge in [-0.05, 0) is 49.6 Å². The van der Waals surface area contributed by atoms with Crippen LogP contribution in [0.5, 0.6) is 0 Å². The lowest BCUT2D eigenvalue weighted by atomic mass is 9.98. The van der Waals surface area contributed by atoms with E-state index in [1.165, 1.54) is 0 Å². The Labute approximate surface area is 179 Å². The smallest absolute Gasteiger partial charge is 0.262 e. The van der Waals surface area contributed by atoms with E-state index < -0.39 is 6.04 Å². The van der Waals surface area contributed by atoms with Crippen molar-refractivity contribution >= 4 is 23.7 Å². The fourth-order valence-corrected chi connectivity index (χ4v) is 3.12. The molecule has 0 saturated carbocycles. The van der Waals surface area contributed by atoms with Gasteiger partial charge in [-0.15, -0.1) is 0 Å². The topological polar surface area (TPSA) is 73.8 Å². The first-order valence-corrected chi connectivity index (χ1v) is 10.5. The zero-order valence-corrected chi connectivity index (χ0v) is 18.3. The highest BCUT2D eigenvalue weighted by atomic mass is 16.2. The van der Waals surface area contributed by atoms with E-state index in [9.17, 15) is 9.59 Å². The molecule has 0 aromatic heterocycles. The third-order valence-corrected chi connectivity index (χ3v) is 5.23. The average molecular weight is 409 g/mol. The minimum Gasteiger partial charge on any atom is -0.372 e. The molecule has 2 N–H and O–H groups in total. The summed E-state index contributed by atoms with van der Waals surface area (Å²) in [6.45, 7) is 10.1. The summed E-state index contributed by atoms with van der Waals surface area (Å²) in [6, 6.07) is 16.2. The summed E-state index contributed by atoms with van der Waals surface area (Å²) < 4.78 is 0. The van der Waals surface area contributed by atoms with Gasteiger partial charge in [-0.2, -0.15) is 5.10 Å². The van der Waals surface area contributed by atoms with Crippen molar-refractivity contribution in [2.75, 3.05) is 18.0 Å². The highest BCUT2D eigenvalue weighted by Gasteiger charge is 2.26. The molecule has 0 aliphatic rings. The number of anilines is 1. The molecule has 0 aliphatic heterocycles. The van der Waals surface area contributed by atoms with E-state index in [1.54, 1.807) is 30.5 Å². The molecule has 6 nitrogen and oxygen atoms in total. The number of rotatable bonds is 10. The normalized spacial score (nSPS) is 12.9. The van der Waals surface area contributed by atoms with Crippen molar-refractivity contribution in [3.8, 4) is 0 Å². The van der Waals surface area contributed by atoms with E-state index in [4.69, 9.17) is 0 Å². The van der Waals surface area contributed by atoms with Crippen LogP contribution < -0.4 is 15.6 Å². The molecule has 0 heterocycles. The van der Waals surface area contributed by atoms with Crippen LogP contribution in [-0.4, -0.2) is 37.2 Å². The monoisotopic (exact) mass is 408 g/mol. The number of carbonyl (C=O) groups excluding carboxylic acids is 2. The molecule has 2 amide bonds. The van der Waals surface area contributed by atoms with Crippen molar-refractivity contribution in [2.45, 2.75) is 40.2 Å². The lowest BCUT2D eigenvalue weighted by molar-refractivity contribution is -0.124. The van der Waals surface area contributed by atoms with Crippen LogP contribution in [0.3, 0.4) is 0 Å². The van der Waals surface area contributed by atoms with Crippen LogP contribution in [-0.2, 0) is 4.79 Å². The van der Waals surface area contributed by atoms with Gasteiger partial charge in [0.05, 0.1) is 6.21 Å². The SMILES string of the molecule is CC[C@H](C)[C@@H](NC(=O)c1ccccc1)C(=O)NN=Cc1ccc(N(CC)CC)cc1. The van der Waals surface area contributed by atoms with E-state index in [-0.39, 0.29) is 17.7 Å². The predicted molar refractivity (Wildman–Crippen MR) is 123 cm³/mol. The fourth-order valence-electron chi connectivity index (χ4n) is 3.12. The molecule has 2 aromatic carbocycles. The van der Waals surface area contributed by atoms with Crippen molar-refractivity contribution in [2.24, 2.45) is 11.0 Å². The molecular weight excluding hydrogens is 376 g/mol. The van der Waals surface area contributed by atoms with Crippen LogP contribution in [0.2, 0.25) is 0 Å². The Hall–Kier alpha value is -3.15. The van der Waals surface area contributed by atoms with Gasteiger partial charge in [-0.3, -0.25) is 9.59 Å². The molecule has 0 fully saturated rings. The Kier molecular flexibility index (Phi) is 9.06. The summed E-state index contributed by atoms with van der Waals surface area (Å²) in [5, 5.41) is 6.92. The van der Waals surface area contributed by atoms with Gasteiger partial charge < -0.3 is 10.2 Å². The first-order chi connectivity index (χ1) is 14.5. The number of hydrazone groups is 1. The summed E-state index contributed by atoms with van der Waals surface area (Å²) in [7, 11) is 0. The second-order valence-electron chi connectivity index (χ2n) is 7.20. The standard InChI is InChI=1S/C24H32N4O2/c1-5-18(4)22(26-23(29)20-11-9-8-10-12-20)24(30)27-25-17-19-13-15-21(16-14-19)28(6-2)7-3/h8-18,22H,5-7H2,1-4H3,(H,26,29)(H,27,30)/t18-,22+/m0/s1. The molecule has 2 aromatic rings. The second-order valence-corrected chi connectivity index (χ2v) is 7.20. The van der Waals surface area contributed by atoms with Crippen LogP contribution in [0.1, 0.15) is 50.0 Å². The van der Waals surface area contributed by atoms with Gasteiger partial charge >= 0.3 is 0 Å². The molecular formula is C24H32N4O2. The zero-order chi connectivity index (χ0) is 21.9. The Morgan fingerprint density at radius 1 is 1.00 bits per heavy atom. The molecule has 30 heavy (non-hydrogen) atoms. The molecule has 0 spiro atoms. The van der Waals surface area contributed by atoms with Crippen molar-refractivity contribution in [1.82, 2.24) is 10.7 Å². The van der Waals surface area contributed by atoms with E-state index >= 15 is 0 Å². The Morgan fingerprint density at radius 3 is 2.20 bits per heavy atom. The van der Waals surface area contributed by atoms with E-state index in [2.05, 4.69) is 34.6 Å². The fraction of sp³-hybridized carbons (Fsp3) is 0.375. The Bertz CT molecular complexity index is 830. The number of hydrogen-bond donors (Lipinski definition) is 2. The largest absolute Gasteiger partial charge is 0.372 e. The van der Waals surface area contributed by atoms with Gasteiger partial charge in [0, 0.05) is 24.3 Å². The number of nitrogens with zero attached hydrogens (tertiary/aromatic N) is 2. The quantitative estimate of drug-likeness (QED) is 0.464. The number of amides is 2. The van der Waals surface area contributed by atoms with Gasteiger partial charge in [0.15, 0.2) is 0 Å². The van der Waals surface area contributed by atoms with Gasteiger partial charge in [-0.1, -0.05) is 50.6 Å². The number of hydrogen-bond acceptors (Lipinski definition) is 4. The summed E-state index contributed by atoms with van der Waals surface area (Å²) in [5.74, 6) is -0.627. The molecule has 0 radical (unpaired) electrons. The lowest BCUT2D eigenvalue weighted by Crippen LogP contribution is -2.49. The summed E-state index contributed by atoms with van der Waals surface area (Å²) >= 11 is 0.